The molecule has 1 aromatic carbocycles. The average Bonchev–Trinajstić information content (AvgIpc) is 2.76. The summed E-state index contributed by atoms with van der Waals surface area (Å²) in [6, 6.07) is 7.16. The number of carbonyl (C=O) groups is 1. The molecule has 1 aliphatic rings. The Labute approximate surface area is 114 Å². The van der Waals surface area contributed by atoms with Crippen LogP contribution in [0.25, 0.3) is 0 Å². The fraction of sp³-hybridized carbons (Fsp3) is 0.273. The Kier molecular flexibility index (Phi) is 3.92. The lowest BCUT2D eigenvalue weighted by Gasteiger charge is -2.19. The van der Waals surface area contributed by atoms with Crippen LogP contribution < -0.4 is 0 Å². The van der Waals surface area contributed by atoms with E-state index in [2.05, 4.69) is 4.99 Å². The molecule has 0 saturated heterocycles. The first-order valence-electron chi connectivity index (χ1n) is 4.99. The lowest BCUT2D eigenvalue weighted by molar-refractivity contribution is -0.125. The summed E-state index contributed by atoms with van der Waals surface area (Å²) in [5.41, 5.74) is 0.789. The number of nitrogens with zero attached hydrogens (tertiary/aromatic N) is 2. The molecule has 0 bridgehead atoms. The highest BCUT2D eigenvalue weighted by Crippen LogP contribution is 2.18. The third-order valence-electron chi connectivity index (χ3n) is 2.38. The zero-order chi connectivity index (χ0) is 12.4. The highest BCUT2D eigenvalue weighted by atomic mass is 35.5. The van der Waals surface area contributed by atoms with Crippen molar-refractivity contribution in [3.05, 3.63) is 34.9 Å². The zero-order valence-electron chi connectivity index (χ0n) is 8.74. The summed E-state index contributed by atoms with van der Waals surface area (Å²) in [7, 11) is 0. The molecule has 6 heteroatoms. The number of halogens is 3. The van der Waals surface area contributed by atoms with Gasteiger partial charge >= 0.3 is 0 Å². The number of hydrogen-bond donors (Lipinski definition) is 0. The second kappa shape index (κ2) is 5.25. The minimum atomic E-state index is -1.07. The quantitative estimate of drug-likeness (QED) is 0.771. The summed E-state index contributed by atoms with van der Waals surface area (Å²) in [6.45, 7) is 1.05. The summed E-state index contributed by atoms with van der Waals surface area (Å²) >= 11 is 17.1. The Morgan fingerprint density at radius 3 is 2.82 bits per heavy atom. The smallest absolute Gasteiger partial charge is 0.261 e. The number of hydrogen-bond acceptors (Lipinski definition) is 2. The van der Waals surface area contributed by atoms with Crippen molar-refractivity contribution in [1.82, 2.24) is 4.90 Å². The largest absolute Gasteiger partial charge is 0.292 e. The molecule has 0 saturated carbocycles. The van der Waals surface area contributed by atoms with E-state index in [1.165, 1.54) is 4.90 Å². The minimum absolute atomic E-state index is 0.357. The molecule has 0 spiro atoms. The van der Waals surface area contributed by atoms with Crippen molar-refractivity contribution < 1.29 is 4.79 Å². The first-order chi connectivity index (χ1) is 8.09. The van der Waals surface area contributed by atoms with Crippen LogP contribution in [-0.4, -0.2) is 34.6 Å². The summed E-state index contributed by atoms with van der Waals surface area (Å²) in [5.74, 6) is 0.216. The molecule has 17 heavy (non-hydrogen) atoms. The van der Waals surface area contributed by atoms with Gasteiger partial charge < -0.3 is 0 Å². The predicted octanol–water partition coefficient (Wildman–Crippen LogP) is 2.73. The topological polar surface area (TPSA) is 32.7 Å². The van der Waals surface area contributed by atoms with Crippen LogP contribution in [0.2, 0.25) is 5.02 Å². The second-order valence-corrected chi connectivity index (χ2v) is 5.04. The average molecular weight is 292 g/mol. The normalized spacial score (nSPS) is 15.3. The standard InChI is InChI=1S/C11H9Cl3N2O/c12-8-3-1-2-7(6-8)10-15-4-5-16(10)11(17)9(13)14/h1-3,6,9H,4-5H2. The molecule has 1 heterocycles. The number of amides is 1. The SMILES string of the molecule is O=C(C(Cl)Cl)N1CCN=C1c1cccc(Cl)c1. The molecular weight excluding hydrogens is 282 g/mol. The van der Waals surface area contributed by atoms with Gasteiger partial charge in [0.25, 0.3) is 5.91 Å². The molecule has 0 aliphatic carbocycles. The molecule has 0 N–H and O–H groups in total. The Balaban J connectivity index is 2.29. The van der Waals surface area contributed by atoms with Gasteiger partial charge in [-0.2, -0.15) is 0 Å². The molecule has 0 atom stereocenters. The van der Waals surface area contributed by atoms with Crippen LogP contribution in [0.3, 0.4) is 0 Å². The van der Waals surface area contributed by atoms with E-state index in [1.807, 2.05) is 6.07 Å². The summed E-state index contributed by atoms with van der Waals surface area (Å²) in [6.07, 6.45) is 0. The molecule has 1 aromatic rings. The molecule has 0 radical (unpaired) electrons. The van der Waals surface area contributed by atoms with Crippen LogP contribution in [0.4, 0.5) is 0 Å². The first-order valence-corrected chi connectivity index (χ1v) is 6.24. The summed E-state index contributed by atoms with van der Waals surface area (Å²) < 4.78 is 0. The molecule has 0 unspecified atom stereocenters. The molecule has 2 rings (SSSR count). The van der Waals surface area contributed by atoms with E-state index < -0.39 is 4.84 Å². The number of aliphatic imine (C=N–C) groups is 1. The van der Waals surface area contributed by atoms with E-state index >= 15 is 0 Å². The van der Waals surface area contributed by atoms with Gasteiger partial charge in [0.05, 0.1) is 6.54 Å². The van der Waals surface area contributed by atoms with E-state index in [0.29, 0.717) is 23.9 Å². The minimum Gasteiger partial charge on any atom is -0.292 e. The van der Waals surface area contributed by atoms with E-state index in [1.54, 1.807) is 18.2 Å². The highest BCUT2D eigenvalue weighted by molar-refractivity contribution is 6.54. The van der Waals surface area contributed by atoms with Gasteiger partial charge in [0.15, 0.2) is 4.84 Å². The van der Waals surface area contributed by atoms with Gasteiger partial charge in [-0.3, -0.25) is 14.7 Å². The molecule has 90 valence electrons. The third kappa shape index (κ3) is 2.73. The predicted molar refractivity (Wildman–Crippen MR) is 70.1 cm³/mol. The maximum absolute atomic E-state index is 11.8. The maximum Gasteiger partial charge on any atom is 0.261 e. The van der Waals surface area contributed by atoms with Crippen molar-refractivity contribution in [3.63, 3.8) is 0 Å². The Morgan fingerprint density at radius 2 is 2.18 bits per heavy atom. The Bertz CT molecular complexity index is 474. The number of alkyl halides is 2. The molecule has 0 fully saturated rings. The van der Waals surface area contributed by atoms with Crippen molar-refractivity contribution in [2.75, 3.05) is 13.1 Å². The Morgan fingerprint density at radius 1 is 1.41 bits per heavy atom. The maximum atomic E-state index is 11.8. The second-order valence-electron chi connectivity index (χ2n) is 3.51. The van der Waals surface area contributed by atoms with Crippen LogP contribution >= 0.6 is 34.8 Å². The van der Waals surface area contributed by atoms with Gasteiger partial charge in [0, 0.05) is 17.1 Å². The van der Waals surface area contributed by atoms with Crippen molar-refractivity contribution in [2.24, 2.45) is 4.99 Å². The monoisotopic (exact) mass is 290 g/mol. The zero-order valence-corrected chi connectivity index (χ0v) is 11.0. The van der Waals surface area contributed by atoms with Crippen molar-refractivity contribution in [1.29, 1.82) is 0 Å². The highest BCUT2D eigenvalue weighted by Gasteiger charge is 2.28. The molecule has 3 nitrogen and oxygen atoms in total. The summed E-state index contributed by atoms with van der Waals surface area (Å²) in [5, 5.41) is 0.595. The van der Waals surface area contributed by atoms with Gasteiger partial charge in [-0.1, -0.05) is 46.9 Å². The van der Waals surface area contributed by atoms with Gasteiger partial charge in [-0.15, -0.1) is 0 Å². The van der Waals surface area contributed by atoms with E-state index in [-0.39, 0.29) is 5.91 Å². The van der Waals surface area contributed by atoms with Crippen molar-refractivity contribution >= 4 is 46.5 Å². The number of amidine groups is 1. The lowest BCUT2D eigenvalue weighted by Crippen LogP contribution is -2.38. The number of benzene rings is 1. The van der Waals surface area contributed by atoms with E-state index in [9.17, 15) is 4.79 Å². The van der Waals surface area contributed by atoms with Gasteiger partial charge in [-0.25, -0.2) is 0 Å². The molecule has 1 aliphatic heterocycles. The van der Waals surface area contributed by atoms with Crippen LogP contribution in [0.1, 0.15) is 5.56 Å². The van der Waals surface area contributed by atoms with Crippen molar-refractivity contribution in [3.8, 4) is 0 Å². The van der Waals surface area contributed by atoms with Crippen molar-refractivity contribution in [2.45, 2.75) is 4.84 Å². The van der Waals surface area contributed by atoms with Crippen LogP contribution in [0.5, 0.6) is 0 Å². The van der Waals surface area contributed by atoms with Crippen LogP contribution in [-0.2, 0) is 4.79 Å². The first kappa shape index (κ1) is 12.7. The van der Waals surface area contributed by atoms with Gasteiger partial charge in [-0.05, 0) is 12.1 Å². The lowest BCUT2D eigenvalue weighted by atomic mass is 10.2. The molecule has 1 amide bonds. The van der Waals surface area contributed by atoms with Crippen LogP contribution in [0.15, 0.2) is 29.3 Å². The Hall–Kier alpha value is -0.770. The van der Waals surface area contributed by atoms with E-state index in [4.69, 9.17) is 34.8 Å². The fourth-order valence-corrected chi connectivity index (χ4v) is 2.08. The number of carbonyl (C=O) groups excluding carboxylic acids is 1. The summed E-state index contributed by atoms with van der Waals surface area (Å²) in [4.78, 5) is 16.5. The van der Waals surface area contributed by atoms with Gasteiger partial charge in [0.2, 0.25) is 0 Å². The van der Waals surface area contributed by atoms with Crippen LogP contribution in [0, 0.1) is 0 Å². The fourth-order valence-electron chi connectivity index (χ4n) is 1.65. The van der Waals surface area contributed by atoms with Gasteiger partial charge in [0.1, 0.15) is 5.84 Å². The molecule has 0 aromatic heterocycles. The van der Waals surface area contributed by atoms with E-state index in [0.717, 1.165) is 5.56 Å². The molecular formula is C11H9Cl3N2O. The number of rotatable bonds is 2. The third-order valence-corrected chi connectivity index (χ3v) is 2.98.